The molecule has 17 heavy (non-hydrogen) atoms. The van der Waals surface area contributed by atoms with Crippen LogP contribution in [0.25, 0.3) is 0 Å². The summed E-state index contributed by atoms with van der Waals surface area (Å²) in [4.78, 5) is 11.2. The molecule has 0 amide bonds. The zero-order valence-corrected chi connectivity index (χ0v) is 13.0. The molecule has 0 heterocycles. The number of carboxylic acids is 1. The number of aliphatic carboxylic acids is 1. The molecule has 0 bridgehead atoms. The van der Waals surface area contributed by atoms with Crippen molar-refractivity contribution in [3.63, 3.8) is 0 Å². The van der Waals surface area contributed by atoms with Gasteiger partial charge in [-0.15, -0.1) is 0 Å². The van der Waals surface area contributed by atoms with Crippen molar-refractivity contribution in [3.8, 4) is 0 Å². The Labute approximate surface area is 111 Å². The zero-order valence-electron chi connectivity index (χ0n) is 12.2. The quantitative estimate of drug-likeness (QED) is 0.767. The second kappa shape index (κ2) is 6.67. The van der Waals surface area contributed by atoms with Crippen LogP contribution >= 0.6 is 11.8 Å². The van der Waals surface area contributed by atoms with Crippen molar-refractivity contribution >= 4 is 17.7 Å². The molecule has 0 aromatic carbocycles. The second-order valence-electron chi connectivity index (χ2n) is 6.91. The van der Waals surface area contributed by atoms with E-state index in [0.29, 0.717) is 5.41 Å². The molecule has 2 nitrogen and oxygen atoms in total. The van der Waals surface area contributed by atoms with Gasteiger partial charge in [0.25, 0.3) is 0 Å². The molecule has 0 radical (unpaired) electrons. The van der Waals surface area contributed by atoms with Crippen LogP contribution in [0.3, 0.4) is 0 Å². The number of hydrogen-bond acceptors (Lipinski definition) is 2. The molecule has 1 atom stereocenters. The zero-order chi connectivity index (χ0) is 13.7. The van der Waals surface area contributed by atoms with Crippen molar-refractivity contribution in [1.82, 2.24) is 0 Å². The number of rotatable bonds is 6. The van der Waals surface area contributed by atoms with Crippen LogP contribution in [-0.4, -0.2) is 21.6 Å². The summed E-state index contributed by atoms with van der Waals surface area (Å²) in [5.41, 5.74) is 0.306. The average molecular weight is 260 g/mol. The van der Waals surface area contributed by atoms with Gasteiger partial charge in [0.05, 0.1) is 5.92 Å². The number of carbonyl (C=O) groups is 1. The predicted octanol–water partition coefficient (Wildman–Crippen LogP) is 4.44. The third-order valence-corrected chi connectivity index (χ3v) is 3.98. The summed E-state index contributed by atoms with van der Waals surface area (Å²) in [6.07, 6.45) is 2.90. The first-order valence-electron chi connectivity index (χ1n) is 6.38. The Morgan fingerprint density at radius 2 is 1.71 bits per heavy atom. The summed E-state index contributed by atoms with van der Waals surface area (Å²) in [5.74, 6) is -0.111. The summed E-state index contributed by atoms with van der Waals surface area (Å²) >= 11 is 1.75. The molecule has 3 heteroatoms. The summed E-state index contributed by atoms with van der Waals surface area (Å²) < 4.78 is 0.151. The van der Waals surface area contributed by atoms with E-state index in [1.807, 2.05) is 0 Å². The van der Waals surface area contributed by atoms with Gasteiger partial charge in [-0.1, -0.05) is 48.0 Å². The van der Waals surface area contributed by atoms with Gasteiger partial charge in [-0.3, -0.25) is 4.79 Å². The normalized spacial score (nSPS) is 14.7. The van der Waals surface area contributed by atoms with Gasteiger partial charge >= 0.3 is 5.97 Å². The van der Waals surface area contributed by atoms with Crippen LogP contribution in [0.15, 0.2) is 0 Å². The lowest BCUT2D eigenvalue weighted by Gasteiger charge is -2.22. The van der Waals surface area contributed by atoms with Crippen LogP contribution in [0.5, 0.6) is 0 Å². The number of hydrogen-bond donors (Lipinski definition) is 1. The van der Waals surface area contributed by atoms with Gasteiger partial charge < -0.3 is 5.11 Å². The van der Waals surface area contributed by atoms with Gasteiger partial charge in [-0.25, -0.2) is 0 Å². The fourth-order valence-corrected chi connectivity index (χ4v) is 2.52. The van der Waals surface area contributed by atoms with Crippen LogP contribution in [-0.2, 0) is 4.79 Å². The van der Waals surface area contributed by atoms with Crippen LogP contribution in [0.1, 0.15) is 60.8 Å². The van der Waals surface area contributed by atoms with Gasteiger partial charge in [-0.2, -0.15) is 11.8 Å². The van der Waals surface area contributed by atoms with Gasteiger partial charge in [0, 0.05) is 10.5 Å². The topological polar surface area (TPSA) is 37.3 Å². The van der Waals surface area contributed by atoms with Crippen molar-refractivity contribution in [2.45, 2.75) is 65.6 Å². The molecule has 0 spiro atoms. The maximum atomic E-state index is 11.2. The molecule has 0 aliphatic carbocycles. The first kappa shape index (κ1) is 16.8. The SMILES string of the molecule is CC(C)(C)CCCC(CSC(C)(C)C)C(=O)O. The van der Waals surface area contributed by atoms with E-state index in [4.69, 9.17) is 0 Å². The standard InChI is InChI=1S/C14H28O2S/c1-13(2,3)9-7-8-11(12(15)16)10-17-14(4,5)6/h11H,7-10H2,1-6H3,(H,15,16). The fourth-order valence-electron chi connectivity index (χ4n) is 1.51. The Bertz CT molecular complexity index is 236. The van der Waals surface area contributed by atoms with Gasteiger partial charge in [0.1, 0.15) is 0 Å². The molecule has 0 saturated carbocycles. The van der Waals surface area contributed by atoms with Crippen molar-refractivity contribution < 1.29 is 9.90 Å². The van der Waals surface area contributed by atoms with Crippen LogP contribution in [0, 0.1) is 11.3 Å². The molecule has 0 aromatic rings. The molecule has 0 aliphatic heterocycles. The largest absolute Gasteiger partial charge is 0.481 e. The van der Waals surface area contributed by atoms with Gasteiger partial charge in [0.2, 0.25) is 0 Å². The van der Waals surface area contributed by atoms with E-state index in [9.17, 15) is 9.90 Å². The Kier molecular flexibility index (Phi) is 6.60. The molecule has 1 unspecified atom stereocenters. The first-order valence-corrected chi connectivity index (χ1v) is 7.36. The summed E-state index contributed by atoms with van der Waals surface area (Å²) in [7, 11) is 0. The van der Waals surface area contributed by atoms with Crippen molar-refractivity contribution in [1.29, 1.82) is 0 Å². The maximum absolute atomic E-state index is 11.2. The van der Waals surface area contributed by atoms with Gasteiger partial charge in [0.15, 0.2) is 0 Å². The maximum Gasteiger partial charge on any atom is 0.307 e. The highest BCUT2D eigenvalue weighted by atomic mass is 32.2. The van der Waals surface area contributed by atoms with E-state index >= 15 is 0 Å². The smallest absolute Gasteiger partial charge is 0.307 e. The fraction of sp³-hybridized carbons (Fsp3) is 0.929. The lowest BCUT2D eigenvalue weighted by Crippen LogP contribution is -2.20. The molecular weight excluding hydrogens is 232 g/mol. The molecule has 0 aromatic heterocycles. The summed E-state index contributed by atoms with van der Waals surface area (Å²) in [5, 5.41) is 9.19. The highest BCUT2D eigenvalue weighted by Crippen LogP contribution is 2.29. The number of thioether (sulfide) groups is 1. The van der Waals surface area contributed by atoms with E-state index < -0.39 is 5.97 Å². The molecule has 0 saturated heterocycles. The lowest BCUT2D eigenvalue weighted by atomic mass is 9.88. The van der Waals surface area contributed by atoms with Crippen LogP contribution < -0.4 is 0 Å². The molecule has 1 N–H and O–H groups in total. The third kappa shape index (κ3) is 10.7. The highest BCUT2D eigenvalue weighted by molar-refractivity contribution is 8.00. The highest BCUT2D eigenvalue weighted by Gasteiger charge is 2.22. The Morgan fingerprint density at radius 1 is 1.18 bits per heavy atom. The number of carboxylic acid groups (broad SMARTS) is 1. The second-order valence-corrected chi connectivity index (χ2v) is 8.76. The Morgan fingerprint density at radius 3 is 2.06 bits per heavy atom. The summed E-state index contributed by atoms with van der Waals surface area (Å²) in [6, 6.07) is 0. The third-order valence-electron chi connectivity index (χ3n) is 2.55. The molecule has 102 valence electrons. The lowest BCUT2D eigenvalue weighted by molar-refractivity contribution is -0.141. The minimum absolute atomic E-state index is 0.151. The monoisotopic (exact) mass is 260 g/mol. The van der Waals surface area contributed by atoms with E-state index in [1.165, 1.54) is 0 Å². The Hall–Kier alpha value is -0.180. The average Bonchev–Trinajstić information content (AvgIpc) is 2.06. The van der Waals surface area contributed by atoms with Crippen LogP contribution in [0.4, 0.5) is 0 Å². The molecule has 0 rings (SSSR count). The predicted molar refractivity (Wildman–Crippen MR) is 76.6 cm³/mol. The van der Waals surface area contributed by atoms with Crippen molar-refractivity contribution in [2.24, 2.45) is 11.3 Å². The summed E-state index contributed by atoms with van der Waals surface area (Å²) in [6.45, 7) is 13.0. The molecule has 0 fully saturated rings. The van der Waals surface area contributed by atoms with Gasteiger partial charge in [-0.05, 0) is 18.3 Å². The van der Waals surface area contributed by atoms with E-state index in [-0.39, 0.29) is 10.7 Å². The van der Waals surface area contributed by atoms with Crippen molar-refractivity contribution in [3.05, 3.63) is 0 Å². The van der Waals surface area contributed by atoms with Crippen molar-refractivity contribution in [2.75, 3.05) is 5.75 Å². The minimum atomic E-state index is -0.643. The molecular formula is C14H28O2S. The van der Waals surface area contributed by atoms with E-state index in [0.717, 1.165) is 25.0 Å². The first-order chi connectivity index (χ1) is 7.51. The van der Waals surface area contributed by atoms with E-state index in [1.54, 1.807) is 11.8 Å². The Balaban J connectivity index is 4.05. The molecule has 0 aliphatic rings. The van der Waals surface area contributed by atoms with Crippen LogP contribution in [0.2, 0.25) is 0 Å². The van der Waals surface area contributed by atoms with E-state index in [2.05, 4.69) is 41.5 Å². The minimum Gasteiger partial charge on any atom is -0.481 e.